The second-order valence-electron chi connectivity index (χ2n) is 4.31. The molecule has 0 bridgehead atoms. The van der Waals surface area contributed by atoms with Crippen molar-refractivity contribution in [3.8, 4) is 11.1 Å². The third-order valence-electron chi connectivity index (χ3n) is 2.57. The largest absolute Gasteiger partial charge is 0.344 e. The van der Waals surface area contributed by atoms with E-state index in [0.717, 1.165) is 28.2 Å². The van der Waals surface area contributed by atoms with Gasteiger partial charge in [0.1, 0.15) is 11.6 Å². The first-order valence-electron chi connectivity index (χ1n) is 5.71. The fourth-order valence-electron chi connectivity index (χ4n) is 1.73. The fraction of sp³-hybridized carbons (Fsp3) is 0.133. The highest BCUT2D eigenvalue weighted by Crippen LogP contribution is 2.23. The summed E-state index contributed by atoms with van der Waals surface area (Å²) in [7, 11) is 0. The van der Waals surface area contributed by atoms with Crippen molar-refractivity contribution < 1.29 is 4.39 Å². The van der Waals surface area contributed by atoms with Crippen LogP contribution in [0.2, 0.25) is 0 Å². The van der Waals surface area contributed by atoms with Crippen molar-refractivity contribution in [1.82, 2.24) is 4.98 Å². The number of anilines is 1. The van der Waals surface area contributed by atoms with Gasteiger partial charge in [0.15, 0.2) is 0 Å². The summed E-state index contributed by atoms with van der Waals surface area (Å²) >= 11 is 0. The van der Waals surface area contributed by atoms with Gasteiger partial charge < -0.3 is 5.32 Å². The number of halogens is 1. The van der Waals surface area contributed by atoms with E-state index in [2.05, 4.69) is 16.9 Å². The number of allylic oxidation sites excluding steroid dienone is 1. The number of pyridine rings is 1. The van der Waals surface area contributed by atoms with Gasteiger partial charge in [-0.15, -0.1) is 0 Å². The van der Waals surface area contributed by atoms with Gasteiger partial charge in [-0.1, -0.05) is 18.7 Å². The summed E-state index contributed by atoms with van der Waals surface area (Å²) in [6, 6.07) is 8.47. The predicted molar refractivity (Wildman–Crippen MR) is 72.8 cm³/mol. The molecule has 1 N–H and O–H groups in total. The Hall–Kier alpha value is -2.16. The van der Waals surface area contributed by atoms with Crippen molar-refractivity contribution in [1.29, 1.82) is 0 Å². The summed E-state index contributed by atoms with van der Waals surface area (Å²) in [4.78, 5) is 4.33. The van der Waals surface area contributed by atoms with Crippen LogP contribution in [0, 0.1) is 12.7 Å². The molecule has 0 fully saturated rings. The third-order valence-corrected chi connectivity index (χ3v) is 2.57. The maximum Gasteiger partial charge on any atom is 0.132 e. The highest BCUT2D eigenvalue weighted by Gasteiger charge is 2.04. The molecule has 0 spiro atoms. The second kappa shape index (κ2) is 5.00. The van der Waals surface area contributed by atoms with Crippen LogP contribution < -0.4 is 5.32 Å². The van der Waals surface area contributed by atoms with Gasteiger partial charge in [0.25, 0.3) is 0 Å². The molecule has 0 aliphatic carbocycles. The van der Waals surface area contributed by atoms with E-state index in [0.29, 0.717) is 0 Å². The zero-order valence-corrected chi connectivity index (χ0v) is 10.5. The number of aryl methyl sites for hydroxylation is 1. The van der Waals surface area contributed by atoms with Crippen LogP contribution in [0.15, 0.2) is 48.8 Å². The Labute approximate surface area is 106 Å². The van der Waals surface area contributed by atoms with E-state index >= 15 is 0 Å². The minimum atomic E-state index is -0.241. The van der Waals surface area contributed by atoms with Gasteiger partial charge in [-0.05, 0) is 43.2 Å². The molecule has 0 aliphatic heterocycles. The summed E-state index contributed by atoms with van der Waals surface area (Å²) in [6.07, 6.45) is 1.73. The highest BCUT2D eigenvalue weighted by molar-refractivity contribution is 5.66. The van der Waals surface area contributed by atoms with Gasteiger partial charge in [0.2, 0.25) is 0 Å². The molecule has 0 saturated carbocycles. The zero-order valence-electron chi connectivity index (χ0n) is 10.5. The summed E-state index contributed by atoms with van der Waals surface area (Å²) < 4.78 is 13.2. The average Bonchev–Trinajstić information content (AvgIpc) is 2.31. The Balaban J connectivity index is 2.37. The molecule has 0 atom stereocenters. The molecule has 0 amide bonds. The van der Waals surface area contributed by atoms with Crippen LogP contribution in [-0.2, 0) is 0 Å². The van der Waals surface area contributed by atoms with Crippen LogP contribution in [-0.4, -0.2) is 4.98 Å². The van der Waals surface area contributed by atoms with Crippen molar-refractivity contribution in [2.45, 2.75) is 13.8 Å². The number of hydrogen-bond donors (Lipinski definition) is 1. The van der Waals surface area contributed by atoms with E-state index in [1.165, 1.54) is 12.1 Å². The van der Waals surface area contributed by atoms with Crippen LogP contribution in [0.4, 0.5) is 10.2 Å². The van der Waals surface area contributed by atoms with E-state index in [4.69, 9.17) is 0 Å². The van der Waals surface area contributed by atoms with Gasteiger partial charge in [-0.3, -0.25) is 0 Å². The van der Waals surface area contributed by atoms with Gasteiger partial charge >= 0.3 is 0 Å². The quantitative estimate of drug-likeness (QED) is 0.874. The highest BCUT2D eigenvalue weighted by atomic mass is 19.1. The number of nitrogens with zero attached hydrogens (tertiary/aromatic N) is 1. The minimum absolute atomic E-state index is 0.241. The van der Waals surface area contributed by atoms with E-state index in [9.17, 15) is 4.39 Å². The Kier molecular flexibility index (Phi) is 3.42. The molecule has 3 heteroatoms. The fourth-order valence-corrected chi connectivity index (χ4v) is 1.73. The third kappa shape index (κ3) is 2.74. The molecule has 2 aromatic rings. The van der Waals surface area contributed by atoms with Crippen molar-refractivity contribution in [3.05, 3.63) is 60.2 Å². The van der Waals surface area contributed by atoms with Crippen LogP contribution in [0.25, 0.3) is 11.1 Å². The average molecular weight is 242 g/mol. The molecule has 0 saturated heterocycles. The van der Waals surface area contributed by atoms with E-state index in [1.807, 2.05) is 26.0 Å². The van der Waals surface area contributed by atoms with E-state index in [1.54, 1.807) is 12.3 Å². The van der Waals surface area contributed by atoms with Gasteiger partial charge in [0, 0.05) is 17.5 Å². The number of nitrogens with one attached hydrogen (secondary N) is 1. The van der Waals surface area contributed by atoms with E-state index < -0.39 is 0 Å². The molecule has 92 valence electrons. The zero-order chi connectivity index (χ0) is 13.1. The number of rotatable bonds is 3. The molecule has 0 unspecified atom stereocenters. The molecule has 2 rings (SSSR count). The molecule has 2 nitrogen and oxygen atoms in total. The molecular formula is C15H15FN2. The summed E-state index contributed by atoms with van der Waals surface area (Å²) in [5.74, 6) is 0.539. The summed E-state index contributed by atoms with van der Waals surface area (Å²) in [6.45, 7) is 7.62. The van der Waals surface area contributed by atoms with Crippen LogP contribution in [0.5, 0.6) is 0 Å². The normalized spacial score (nSPS) is 10.2. The predicted octanol–water partition coefficient (Wildman–Crippen LogP) is 4.14. The Bertz CT molecular complexity index is 591. The first-order valence-corrected chi connectivity index (χ1v) is 5.71. The van der Waals surface area contributed by atoms with Crippen molar-refractivity contribution >= 4 is 5.82 Å². The van der Waals surface area contributed by atoms with Crippen molar-refractivity contribution in [3.63, 3.8) is 0 Å². The molecule has 1 heterocycles. The number of hydrogen-bond acceptors (Lipinski definition) is 2. The maximum atomic E-state index is 13.2. The maximum absolute atomic E-state index is 13.2. The van der Waals surface area contributed by atoms with E-state index in [-0.39, 0.29) is 5.82 Å². The number of aromatic nitrogens is 1. The van der Waals surface area contributed by atoms with Crippen LogP contribution in [0.1, 0.15) is 12.5 Å². The van der Waals surface area contributed by atoms with Crippen molar-refractivity contribution in [2.75, 3.05) is 5.32 Å². The first kappa shape index (κ1) is 12.3. The lowest BCUT2D eigenvalue weighted by Crippen LogP contribution is -1.99. The van der Waals surface area contributed by atoms with Gasteiger partial charge in [-0.2, -0.15) is 0 Å². The second-order valence-corrected chi connectivity index (χ2v) is 4.31. The topological polar surface area (TPSA) is 24.9 Å². The molecule has 0 aliphatic rings. The Morgan fingerprint density at radius 2 is 2.06 bits per heavy atom. The van der Waals surface area contributed by atoms with Gasteiger partial charge in [0.05, 0.1) is 0 Å². The molecule has 18 heavy (non-hydrogen) atoms. The van der Waals surface area contributed by atoms with Gasteiger partial charge in [-0.25, -0.2) is 9.37 Å². The van der Waals surface area contributed by atoms with Crippen LogP contribution >= 0.6 is 0 Å². The Morgan fingerprint density at radius 1 is 1.28 bits per heavy atom. The smallest absolute Gasteiger partial charge is 0.132 e. The molecular weight excluding hydrogens is 227 g/mol. The SMILES string of the molecule is C=C(C)Nc1ncc(-c2cccc(F)c2)cc1C. The minimum Gasteiger partial charge on any atom is -0.344 e. The summed E-state index contributed by atoms with van der Waals surface area (Å²) in [5.41, 5.74) is 3.57. The lowest BCUT2D eigenvalue weighted by molar-refractivity contribution is 0.628. The Morgan fingerprint density at radius 3 is 2.67 bits per heavy atom. The number of benzene rings is 1. The van der Waals surface area contributed by atoms with Crippen LogP contribution in [0.3, 0.4) is 0 Å². The lowest BCUT2D eigenvalue weighted by atomic mass is 10.1. The molecule has 0 radical (unpaired) electrons. The summed E-state index contributed by atoms with van der Waals surface area (Å²) in [5, 5.41) is 3.08. The molecule has 1 aromatic heterocycles. The first-order chi connectivity index (χ1) is 8.56. The monoisotopic (exact) mass is 242 g/mol. The standard InChI is InChI=1S/C15H15FN2/c1-10(2)18-15-11(3)7-13(9-17-15)12-5-4-6-14(16)8-12/h4-9H,1H2,2-3H3,(H,17,18). The van der Waals surface area contributed by atoms with Crippen molar-refractivity contribution in [2.24, 2.45) is 0 Å². The lowest BCUT2D eigenvalue weighted by Gasteiger charge is -2.09. The molecule has 1 aromatic carbocycles.